The molecule has 0 saturated heterocycles. The van der Waals surface area contributed by atoms with Crippen LogP contribution in [0.5, 0.6) is 0 Å². The normalized spacial score (nSPS) is 14.7. The number of rotatable bonds is 10. The Morgan fingerprint density at radius 1 is 1.50 bits per heavy atom. The van der Waals surface area contributed by atoms with Gasteiger partial charge < -0.3 is 4.74 Å². The fourth-order valence-corrected chi connectivity index (χ4v) is 1.81. The van der Waals surface area contributed by atoms with Crippen molar-refractivity contribution in [1.82, 2.24) is 15.2 Å². The summed E-state index contributed by atoms with van der Waals surface area (Å²) in [5.41, 5.74) is 3.61. The van der Waals surface area contributed by atoms with Gasteiger partial charge in [-0.15, -0.1) is 0 Å². The number of hydrogen-bond acceptors (Lipinski definition) is 4. The topological polar surface area (TPSA) is 65.1 Å². The number of nitrogens with zero attached hydrogens (tertiary/aromatic N) is 2. The molecule has 1 aromatic heterocycles. The first-order chi connectivity index (χ1) is 9.56. The molecule has 0 fully saturated rings. The monoisotopic (exact) mass is 290 g/mol. The van der Waals surface area contributed by atoms with E-state index in [0.29, 0.717) is 18.9 Å². The maximum absolute atomic E-state index is 11.9. The minimum Gasteiger partial charge on any atom is -0.375 e. The Kier molecular flexibility index (Phi) is 7.64. The lowest BCUT2D eigenvalue weighted by atomic mass is 10.1. The van der Waals surface area contributed by atoms with E-state index < -0.39 is 13.0 Å². The van der Waals surface area contributed by atoms with E-state index in [9.17, 15) is 8.78 Å². The van der Waals surface area contributed by atoms with Crippen molar-refractivity contribution in [3.05, 3.63) is 18.0 Å². The molecule has 0 bridgehead atoms. The van der Waals surface area contributed by atoms with E-state index in [2.05, 4.69) is 24.4 Å². The first-order valence-electron chi connectivity index (χ1n) is 6.92. The lowest BCUT2D eigenvalue weighted by Gasteiger charge is -2.15. The zero-order valence-corrected chi connectivity index (χ0v) is 12.1. The third-order valence-electron chi connectivity index (χ3n) is 3.25. The van der Waals surface area contributed by atoms with Gasteiger partial charge in [-0.25, -0.2) is 8.78 Å². The molecular weight excluding hydrogens is 266 g/mol. The van der Waals surface area contributed by atoms with Crippen LogP contribution in [-0.4, -0.2) is 35.5 Å². The molecule has 7 heteroatoms. The SMILES string of the molecule is CCC(C)n1ccc(CC(CCOCC(F)F)NN)n1. The summed E-state index contributed by atoms with van der Waals surface area (Å²) in [6, 6.07) is 2.28. The third kappa shape index (κ3) is 5.94. The quantitative estimate of drug-likeness (QED) is 0.392. The van der Waals surface area contributed by atoms with Gasteiger partial charge in [0, 0.05) is 31.3 Å². The van der Waals surface area contributed by atoms with Crippen molar-refractivity contribution in [2.24, 2.45) is 5.84 Å². The summed E-state index contributed by atoms with van der Waals surface area (Å²) in [7, 11) is 0. The molecule has 0 aliphatic rings. The van der Waals surface area contributed by atoms with Gasteiger partial charge in [-0.2, -0.15) is 5.10 Å². The molecule has 0 radical (unpaired) electrons. The predicted molar refractivity (Wildman–Crippen MR) is 73.5 cm³/mol. The van der Waals surface area contributed by atoms with Crippen LogP contribution in [0.15, 0.2) is 12.3 Å². The van der Waals surface area contributed by atoms with Crippen LogP contribution in [-0.2, 0) is 11.2 Å². The molecule has 0 aromatic carbocycles. The largest absolute Gasteiger partial charge is 0.375 e. The van der Waals surface area contributed by atoms with Crippen LogP contribution in [0, 0.1) is 0 Å². The second kappa shape index (κ2) is 8.99. The van der Waals surface area contributed by atoms with Crippen LogP contribution in [0.25, 0.3) is 0 Å². The fraction of sp³-hybridized carbons (Fsp3) is 0.769. The zero-order chi connectivity index (χ0) is 15.0. The molecule has 0 amide bonds. The van der Waals surface area contributed by atoms with Gasteiger partial charge in [0.15, 0.2) is 0 Å². The van der Waals surface area contributed by atoms with Gasteiger partial charge >= 0.3 is 0 Å². The number of nitrogens with one attached hydrogen (secondary N) is 1. The standard InChI is InChI=1S/C13H24F2N4O/c1-3-10(2)19-6-4-12(18-19)8-11(17-16)5-7-20-9-13(14)15/h4,6,10-11,13,17H,3,5,7-9,16H2,1-2H3. The van der Waals surface area contributed by atoms with Gasteiger partial charge in [-0.1, -0.05) is 6.92 Å². The Morgan fingerprint density at radius 3 is 2.85 bits per heavy atom. The van der Waals surface area contributed by atoms with E-state index in [0.717, 1.165) is 12.1 Å². The van der Waals surface area contributed by atoms with Gasteiger partial charge in [-0.3, -0.25) is 16.0 Å². The van der Waals surface area contributed by atoms with Gasteiger partial charge in [0.25, 0.3) is 6.43 Å². The Balaban J connectivity index is 2.37. The average molecular weight is 290 g/mol. The number of ether oxygens (including phenoxy) is 1. The summed E-state index contributed by atoms with van der Waals surface area (Å²) in [5.74, 6) is 5.47. The average Bonchev–Trinajstić information content (AvgIpc) is 2.89. The number of hydrogen-bond donors (Lipinski definition) is 2. The summed E-state index contributed by atoms with van der Waals surface area (Å²) >= 11 is 0. The predicted octanol–water partition coefficient (Wildman–Crippen LogP) is 1.90. The third-order valence-corrected chi connectivity index (χ3v) is 3.25. The van der Waals surface area contributed by atoms with Crippen molar-refractivity contribution in [2.45, 2.75) is 51.6 Å². The molecule has 1 heterocycles. The Hall–Kier alpha value is -1.05. The van der Waals surface area contributed by atoms with Crippen molar-refractivity contribution >= 4 is 0 Å². The summed E-state index contributed by atoms with van der Waals surface area (Å²) < 4.78 is 30.6. The molecule has 0 aliphatic heterocycles. The van der Waals surface area contributed by atoms with Gasteiger partial charge in [0.2, 0.25) is 0 Å². The Bertz CT molecular complexity index is 373. The van der Waals surface area contributed by atoms with Crippen molar-refractivity contribution in [3.8, 4) is 0 Å². The van der Waals surface area contributed by atoms with Crippen molar-refractivity contribution in [1.29, 1.82) is 0 Å². The highest BCUT2D eigenvalue weighted by Crippen LogP contribution is 2.11. The molecule has 3 N–H and O–H groups in total. The second-order valence-corrected chi connectivity index (χ2v) is 4.87. The van der Waals surface area contributed by atoms with E-state index in [1.165, 1.54) is 0 Å². The number of alkyl halides is 2. The van der Waals surface area contributed by atoms with E-state index >= 15 is 0 Å². The van der Waals surface area contributed by atoms with E-state index in [1.807, 2.05) is 16.9 Å². The maximum atomic E-state index is 11.9. The highest BCUT2D eigenvalue weighted by molar-refractivity contribution is 5.02. The second-order valence-electron chi connectivity index (χ2n) is 4.87. The van der Waals surface area contributed by atoms with Crippen LogP contribution >= 0.6 is 0 Å². The Labute approximate surface area is 118 Å². The highest BCUT2D eigenvalue weighted by atomic mass is 19.3. The van der Waals surface area contributed by atoms with Crippen LogP contribution in [0.2, 0.25) is 0 Å². The molecule has 1 aromatic rings. The minimum atomic E-state index is -2.43. The zero-order valence-electron chi connectivity index (χ0n) is 12.1. The van der Waals surface area contributed by atoms with Crippen molar-refractivity contribution < 1.29 is 13.5 Å². The first kappa shape index (κ1) is 17.0. The molecular formula is C13H24F2N4O. The van der Waals surface area contributed by atoms with Gasteiger partial charge in [0.1, 0.15) is 6.61 Å². The van der Waals surface area contributed by atoms with Gasteiger partial charge in [-0.05, 0) is 25.8 Å². The molecule has 0 spiro atoms. The fourth-order valence-electron chi connectivity index (χ4n) is 1.81. The number of aromatic nitrogens is 2. The van der Waals surface area contributed by atoms with Crippen LogP contribution in [0.3, 0.4) is 0 Å². The van der Waals surface area contributed by atoms with E-state index in [-0.39, 0.29) is 12.6 Å². The Morgan fingerprint density at radius 2 is 2.25 bits per heavy atom. The number of hydrazine groups is 1. The minimum absolute atomic E-state index is 0.0343. The van der Waals surface area contributed by atoms with Crippen molar-refractivity contribution in [2.75, 3.05) is 13.2 Å². The smallest absolute Gasteiger partial charge is 0.261 e. The van der Waals surface area contributed by atoms with Crippen molar-refractivity contribution in [3.63, 3.8) is 0 Å². The molecule has 5 nitrogen and oxygen atoms in total. The summed E-state index contributed by atoms with van der Waals surface area (Å²) in [4.78, 5) is 0. The molecule has 2 unspecified atom stereocenters. The highest BCUT2D eigenvalue weighted by Gasteiger charge is 2.12. The summed E-state index contributed by atoms with van der Waals surface area (Å²) in [5, 5.41) is 4.49. The summed E-state index contributed by atoms with van der Waals surface area (Å²) in [6.07, 6.45) is 1.76. The van der Waals surface area contributed by atoms with Crippen LogP contribution < -0.4 is 11.3 Å². The lowest BCUT2D eigenvalue weighted by Crippen LogP contribution is -2.37. The molecule has 2 atom stereocenters. The lowest BCUT2D eigenvalue weighted by molar-refractivity contribution is 0.0144. The van der Waals surface area contributed by atoms with Crippen LogP contribution in [0.1, 0.15) is 38.4 Å². The van der Waals surface area contributed by atoms with Gasteiger partial charge in [0.05, 0.1) is 5.69 Å². The molecule has 0 saturated carbocycles. The maximum Gasteiger partial charge on any atom is 0.261 e. The first-order valence-corrected chi connectivity index (χ1v) is 6.92. The number of nitrogens with two attached hydrogens (primary N) is 1. The number of halogens is 2. The molecule has 0 aliphatic carbocycles. The molecule has 1 rings (SSSR count). The molecule has 20 heavy (non-hydrogen) atoms. The van der Waals surface area contributed by atoms with E-state index in [4.69, 9.17) is 10.6 Å². The van der Waals surface area contributed by atoms with Crippen LogP contribution in [0.4, 0.5) is 8.78 Å². The van der Waals surface area contributed by atoms with E-state index in [1.54, 1.807) is 0 Å². The summed E-state index contributed by atoms with van der Waals surface area (Å²) in [6.45, 7) is 3.94. The molecule has 116 valence electrons.